The van der Waals surface area contributed by atoms with Crippen LogP contribution in [0.4, 0.5) is 0 Å². The second kappa shape index (κ2) is 4.89. The Kier molecular flexibility index (Phi) is 4.51. The average Bonchev–Trinajstić information content (AvgIpc) is 1.86. The highest BCUT2D eigenvalue weighted by Gasteiger charge is 1.98. The summed E-state index contributed by atoms with van der Waals surface area (Å²) in [4.78, 5) is 11.1. The predicted octanol–water partition coefficient (Wildman–Crippen LogP) is 2.73. The Morgan fingerprint density at radius 3 is 2.27 bits per heavy atom. The number of carbonyl (C=O) groups is 1. The first-order valence-corrected chi connectivity index (χ1v) is 3.93. The Labute approximate surface area is 68.8 Å². The summed E-state index contributed by atoms with van der Waals surface area (Å²) in [5.41, 5.74) is 0.832. The van der Waals surface area contributed by atoms with Gasteiger partial charge in [0.05, 0.1) is 0 Å². The number of ketones is 1. The summed E-state index contributed by atoms with van der Waals surface area (Å²) in [6.45, 7) is 7.82. The minimum atomic E-state index is 0.112. The van der Waals surface area contributed by atoms with Crippen molar-refractivity contribution in [2.75, 3.05) is 0 Å². The summed E-state index contributed by atoms with van der Waals surface area (Å²) in [7, 11) is 0. The normalized spacial score (nSPS) is 13.0. The molecule has 0 aromatic heterocycles. The largest absolute Gasteiger partial charge is 0.290 e. The van der Waals surface area contributed by atoms with Crippen molar-refractivity contribution in [1.82, 2.24) is 0 Å². The molecule has 0 radical (unpaired) electrons. The molecule has 0 spiro atoms. The minimum absolute atomic E-state index is 0.112. The predicted molar refractivity (Wildman–Crippen MR) is 48.4 cm³/mol. The van der Waals surface area contributed by atoms with E-state index in [2.05, 4.69) is 13.8 Å². The molecule has 0 amide bonds. The van der Waals surface area contributed by atoms with Crippen LogP contribution in [0.2, 0.25) is 0 Å². The second-order valence-corrected chi connectivity index (χ2v) is 2.96. The molecule has 0 unspecified atom stereocenters. The van der Waals surface area contributed by atoms with Crippen molar-refractivity contribution >= 4 is 5.78 Å². The van der Waals surface area contributed by atoms with Crippen molar-refractivity contribution in [3.63, 3.8) is 0 Å². The van der Waals surface area contributed by atoms with E-state index in [0.717, 1.165) is 5.57 Å². The molecule has 1 nitrogen and oxygen atoms in total. The molecule has 0 fully saturated rings. The van der Waals surface area contributed by atoms with Gasteiger partial charge in [-0.1, -0.05) is 26.0 Å². The van der Waals surface area contributed by atoms with E-state index in [4.69, 9.17) is 0 Å². The van der Waals surface area contributed by atoms with Crippen LogP contribution in [0.5, 0.6) is 0 Å². The SMILES string of the molecule is C/C=C/C(=O)/C(C)=C\C(C)C. The highest BCUT2D eigenvalue weighted by Crippen LogP contribution is 2.02. The van der Waals surface area contributed by atoms with Crippen LogP contribution in [0, 0.1) is 5.92 Å². The molecule has 0 aliphatic rings. The zero-order valence-electron chi connectivity index (χ0n) is 7.72. The topological polar surface area (TPSA) is 17.1 Å². The Morgan fingerprint density at radius 1 is 1.36 bits per heavy atom. The standard InChI is InChI=1S/C10H16O/c1-5-6-10(11)9(4)7-8(2)3/h5-8H,1-4H3/b6-5+,9-7-. The van der Waals surface area contributed by atoms with E-state index in [1.54, 1.807) is 12.2 Å². The molecule has 11 heavy (non-hydrogen) atoms. The van der Waals surface area contributed by atoms with Gasteiger partial charge in [0.2, 0.25) is 0 Å². The third kappa shape index (κ3) is 4.54. The average molecular weight is 152 g/mol. The van der Waals surface area contributed by atoms with E-state index in [9.17, 15) is 4.79 Å². The maximum Gasteiger partial charge on any atom is 0.180 e. The lowest BCUT2D eigenvalue weighted by Crippen LogP contribution is -1.95. The lowest BCUT2D eigenvalue weighted by molar-refractivity contribution is -0.111. The first-order chi connectivity index (χ1) is 5.07. The molecule has 0 bridgehead atoms. The minimum Gasteiger partial charge on any atom is -0.290 e. The van der Waals surface area contributed by atoms with Crippen LogP contribution >= 0.6 is 0 Å². The molecule has 1 heteroatoms. The van der Waals surface area contributed by atoms with Gasteiger partial charge in [0.15, 0.2) is 5.78 Å². The van der Waals surface area contributed by atoms with E-state index >= 15 is 0 Å². The first kappa shape index (κ1) is 10.2. The zero-order chi connectivity index (χ0) is 8.85. The fraction of sp³-hybridized carbons (Fsp3) is 0.500. The van der Waals surface area contributed by atoms with Crippen LogP contribution in [-0.4, -0.2) is 5.78 Å². The van der Waals surface area contributed by atoms with Crippen LogP contribution in [0.1, 0.15) is 27.7 Å². The number of rotatable bonds is 3. The molecule has 0 aromatic carbocycles. The Hall–Kier alpha value is -0.850. The summed E-state index contributed by atoms with van der Waals surface area (Å²) in [5.74, 6) is 0.561. The van der Waals surface area contributed by atoms with E-state index in [-0.39, 0.29) is 5.78 Å². The molecule has 0 saturated carbocycles. The third-order valence-corrected chi connectivity index (χ3v) is 1.29. The second-order valence-electron chi connectivity index (χ2n) is 2.96. The zero-order valence-corrected chi connectivity index (χ0v) is 7.72. The van der Waals surface area contributed by atoms with Gasteiger partial charge in [-0.2, -0.15) is 0 Å². The number of carbonyl (C=O) groups excluding carboxylic acids is 1. The Bertz CT molecular complexity index is 185. The summed E-state index contributed by atoms with van der Waals surface area (Å²) < 4.78 is 0. The summed E-state index contributed by atoms with van der Waals surface area (Å²) in [6, 6.07) is 0. The van der Waals surface area contributed by atoms with Crippen LogP contribution < -0.4 is 0 Å². The molecular formula is C10H16O. The van der Waals surface area contributed by atoms with E-state index in [0.29, 0.717) is 5.92 Å². The first-order valence-electron chi connectivity index (χ1n) is 3.93. The number of allylic oxidation sites excluding steroid dienone is 4. The Morgan fingerprint density at radius 2 is 1.91 bits per heavy atom. The van der Waals surface area contributed by atoms with Gasteiger partial charge in [0.25, 0.3) is 0 Å². The molecule has 62 valence electrons. The molecule has 0 atom stereocenters. The van der Waals surface area contributed by atoms with Crippen molar-refractivity contribution in [3.05, 3.63) is 23.8 Å². The fourth-order valence-electron chi connectivity index (χ4n) is 0.865. The van der Waals surface area contributed by atoms with Gasteiger partial charge in [0, 0.05) is 0 Å². The highest BCUT2D eigenvalue weighted by atomic mass is 16.1. The van der Waals surface area contributed by atoms with Gasteiger partial charge < -0.3 is 0 Å². The molecule has 0 aliphatic carbocycles. The molecule has 0 saturated heterocycles. The lowest BCUT2D eigenvalue weighted by atomic mass is 10.1. The van der Waals surface area contributed by atoms with Gasteiger partial charge in [-0.05, 0) is 31.4 Å². The van der Waals surface area contributed by atoms with Crippen molar-refractivity contribution in [3.8, 4) is 0 Å². The summed E-state index contributed by atoms with van der Waals surface area (Å²) in [5, 5.41) is 0. The number of hydrogen-bond acceptors (Lipinski definition) is 1. The van der Waals surface area contributed by atoms with Crippen LogP contribution in [-0.2, 0) is 4.79 Å². The van der Waals surface area contributed by atoms with E-state index in [1.807, 2.05) is 19.9 Å². The maximum absolute atomic E-state index is 11.1. The molecular weight excluding hydrogens is 136 g/mol. The van der Waals surface area contributed by atoms with Gasteiger partial charge in [0.1, 0.15) is 0 Å². The number of hydrogen-bond donors (Lipinski definition) is 0. The van der Waals surface area contributed by atoms with E-state index in [1.165, 1.54) is 0 Å². The molecule has 0 heterocycles. The Balaban J connectivity index is 4.24. The van der Waals surface area contributed by atoms with Crippen LogP contribution in [0.25, 0.3) is 0 Å². The van der Waals surface area contributed by atoms with Gasteiger partial charge >= 0.3 is 0 Å². The molecule has 0 aliphatic heterocycles. The van der Waals surface area contributed by atoms with Gasteiger partial charge in [-0.25, -0.2) is 0 Å². The van der Waals surface area contributed by atoms with Gasteiger partial charge in [-0.15, -0.1) is 0 Å². The van der Waals surface area contributed by atoms with Crippen molar-refractivity contribution < 1.29 is 4.79 Å². The van der Waals surface area contributed by atoms with Crippen molar-refractivity contribution in [1.29, 1.82) is 0 Å². The lowest BCUT2D eigenvalue weighted by Gasteiger charge is -1.97. The van der Waals surface area contributed by atoms with Gasteiger partial charge in [-0.3, -0.25) is 4.79 Å². The van der Waals surface area contributed by atoms with Crippen molar-refractivity contribution in [2.24, 2.45) is 5.92 Å². The fourth-order valence-corrected chi connectivity index (χ4v) is 0.865. The highest BCUT2D eigenvalue weighted by molar-refractivity contribution is 6.03. The molecule has 0 aromatic rings. The van der Waals surface area contributed by atoms with Crippen LogP contribution in [0.3, 0.4) is 0 Å². The third-order valence-electron chi connectivity index (χ3n) is 1.29. The molecule has 0 rings (SSSR count). The summed E-state index contributed by atoms with van der Waals surface area (Å²) >= 11 is 0. The van der Waals surface area contributed by atoms with Crippen molar-refractivity contribution in [2.45, 2.75) is 27.7 Å². The van der Waals surface area contributed by atoms with Crippen LogP contribution in [0.15, 0.2) is 23.8 Å². The maximum atomic E-state index is 11.1. The van der Waals surface area contributed by atoms with E-state index < -0.39 is 0 Å². The monoisotopic (exact) mass is 152 g/mol. The smallest absolute Gasteiger partial charge is 0.180 e. The summed E-state index contributed by atoms with van der Waals surface area (Å²) in [6.07, 6.45) is 5.33. The quantitative estimate of drug-likeness (QED) is 0.568. The molecule has 0 N–H and O–H groups in total.